The summed E-state index contributed by atoms with van der Waals surface area (Å²) in [5.74, 6) is 1.04. The second-order valence-electron chi connectivity index (χ2n) is 5.02. The van der Waals surface area contributed by atoms with Crippen molar-refractivity contribution in [2.24, 2.45) is 5.92 Å². The molecule has 0 aliphatic rings. The average Bonchev–Trinajstić information content (AvgIpc) is 2.44. The first-order valence-corrected chi connectivity index (χ1v) is 6.60. The Balaban J connectivity index is 2.20. The van der Waals surface area contributed by atoms with E-state index in [9.17, 15) is 4.79 Å². The number of benzene rings is 2. The van der Waals surface area contributed by atoms with E-state index in [4.69, 9.17) is 9.47 Å². The van der Waals surface area contributed by atoms with Crippen molar-refractivity contribution in [1.82, 2.24) is 0 Å². The molecule has 20 heavy (non-hydrogen) atoms. The molecule has 2 aromatic carbocycles. The third-order valence-corrected chi connectivity index (χ3v) is 2.84. The van der Waals surface area contributed by atoms with Crippen LogP contribution in [0.5, 0.6) is 5.75 Å². The molecule has 4 heteroatoms. The van der Waals surface area contributed by atoms with E-state index in [1.165, 1.54) is 0 Å². The minimum atomic E-state index is -0.448. The Morgan fingerprint density at radius 2 is 2.00 bits per heavy atom. The van der Waals surface area contributed by atoms with Crippen LogP contribution in [0.1, 0.15) is 13.8 Å². The molecule has 0 unspecified atom stereocenters. The molecule has 0 aliphatic carbocycles. The van der Waals surface area contributed by atoms with Crippen molar-refractivity contribution in [3.05, 3.63) is 36.4 Å². The van der Waals surface area contributed by atoms with Gasteiger partial charge in [-0.05, 0) is 17.4 Å². The van der Waals surface area contributed by atoms with E-state index >= 15 is 0 Å². The van der Waals surface area contributed by atoms with Crippen molar-refractivity contribution in [2.45, 2.75) is 13.8 Å². The van der Waals surface area contributed by atoms with Crippen molar-refractivity contribution in [3.63, 3.8) is 0 Å². The van der Waals surface area contributed by atoms with Crippen LogP contribution < -0.4 is 10.1 Å². The number of anilines is 1. The zero-order valence-corrected chi connectivity index (χ0v) is 12.0. The molecule has 2 rings (SSSR count). The Morgan fingerprint density at radius 1 is 1.25 bits per heavy atom. The number of carbonyl (C=O) groups excluding carboxylic acids is 1. The number of carbonyl (C=O) groups is 1. The molecule has 0 fully saturated rings. The van der Waals surface area contributed by atoms with Gasteiger partial charge in [0, 0.05) is 17.1 Å². The van der Waals surface area contributed by atoms with E-state index in [-0.39, 0.29) is 0 Å². The Kier molecular flexibility index (Phi) is 4.45. The molecular weight excluding hydrogens is 254 g/mol. The zero-order valence-electron chi connectivity index (χ0n) is 12.0. The van der Waals surface area contributed by atoms with Crippen molar-refractivity contribution in [2.75, 3.05) is 19.0 Å². The van der Waals surface area contributed by atoms with Crippen LogP contribution in [0.25, 0.3) is 10.8 Å². The predicted octanol–water partition coefficient (Wildman–Crippen LogP) is 4.05. The molecule has 0 atom stereocenters. The second-order valence-corrected chi connectivity index (χ2v) is 5.02. The van der Waals surface area contributed by atoms with Gasteiger partial charge >= 0.3 is 6.09 Å². The second kappa shape index (κ2) is 6.28. The lowest BCUT2D eigenvalue weighted by molar-refractivity contribution is 0.147. The quantitative estimate of drug-likeness (QED) is 0.914. The highest BCUT2D eigenvalue weighted by atomic mass is 16.5. The Bertz CT molecular complexity index is 608. The van der Waals surface area contributed by atoms with Crippen molar-refractivity contribution >= 4 is 22.6 Å². The number of hydrogen-bond acceptors (Lipinski definition) is 3. The molecule has 106 valence electrons. The first kappa shape index (κ1) is 14.2. The number of methoxy groups -OCH3 is 1. The number of nitrogens with one attached hydrogen (secondary N) is 1. The Hall–Kier alpha value is -2.23. The fourth-order valence-electron chi connectivity index (χ4n) is 1.91. The van der Waals surface area contributed by atoms with Gasteiger partial charge in [-0.2, -0.15) is 0 Å². The SMILES string of the molecule is COc1cc(NC(=O)OCC(C)C)cc2ccccc12. The van der Waals surface area contributed by atoms with Crippen molar-refractivity contribution < 1.29 is 14.3 Å². The lowest BCUT2D eigenvalue weighted by Gasteiger charge is -2.11. The molecule has 0 aliphatic heterocycles. The predicted molar refractivity (Wildman–Crippen MR) is 80.3 cm³/mol. The van der Waals surface area contributed by atoms with E-state index in [1.54, 1.807) is 13.2 Å². The molecule has 4 nitrogen and oxygen atoms in total. The molecule has 2 aromatic rings. The van der Waals surface area contributed by atoms with Crippen LogP contribution >= 0.6 is 0 Å². The average molecular weight is 273 g/mol. The van der Waals surface area contributed by atoms with Gasteiger partial charge in [0.25, 0.3) is 0 Å². The van der Waals surface area contributed by atoms with Crippen LogP contribution in [0, 0.1) is 5.92 Å². The summed E-state index contributed by atoms with van der Waals surface area (Å²) in [5.41, 5.74) is 0.661. The molecule has 0 heterocycles. The molecule has 0 aromatic heterocycles. The van der Waals surface area contributed by atoms with Gasteiger partial charge in [0.15, 0.2) is 0 Å². The number of ether oxygens (including phenoxy) is 2. The lowest BCUT2D eigenvalue weighted by Crippen LogP contribution is -2.16. The third kappa shape index (κ3) is 3.41. The summed E-state index contributed by atoms with van der Waals surface area (Å²) >= 11 is 0. The highest BCUT2D eigenvalue weighted by molar-refractivity contribution is 5.95. The van der Waals surface area contributed by atoms with Gasteiger partial charge in [0.05, 0.1) is 13.7 Å². The molecule has 0 bridgehead atoms. The van der Waals surface area contributed by atoms with Crippen LogP contribution in [0.4, 0.5) is 10.5 Å². The largest absolute Gasteiger partial charge is 0.496 e. The smallest absolute Gasteiger partial charge is 0.411 e. The maximum atomic E-state index is 11.7. The molecule has 0 spiro atoms. The van der Waals surface area contributed by atoms with E-state index in [0.29, 0.717) is 18.2 Å². The van der Waals surface area contributed by atoms with Crippen LogP contribution in [0.2, 0.25) is 0 Å². The monoisotopic (exact) mass is 273 g/mol. The summed E-state index contributed by atoms with van der Waals surface area (Å²) in [5, 5.41) is 4.74. The molecule has 0 saturated carbocycles. The first-order chi connectivity index (χ1) is 9.60. The lowest BCUT2D eigenvalue weighted by atomic mass is 10.1. The molecule has 1 N–H and O–H groups in total. The summed E-state index contributed by atoms with van der Waals surface area (Å²) in [6.45, 7) is 4.38. The summed E-state index contributed by atoms with van der Waals surface area (Å²) in [4.78, 5) is 11.7. The number of amides is 1. The first-order valence-electron chi connectivity index (χ1n) is 6.60. The normalized spacial score (nSPS) is 10.6. The molecule has 0 saturated heterocycles. The maximum Gasteiger partial charge on any atom is 0.411 e. The maximum absolute atomic E-state index is 11.7. The number of fused-ring (bicyclic) bond motifs is 1. The number of rotatable bonds is 4. The van der Waals surface area contributed by atoms with E-state index in [1.807, 2.05) is 44.2 Å². The molecule has 0 radical (unpaired) electrons. The van der Waals surface area contributed by atoms with Crippen LogP contribution in [0.15, 0.2) is 36.4 Å². The van der Waals surface area contributed by atoms with Crippen molar-refractivity contribution in [1.29, 1.82) is 0 Å². The number of hydrogen-bond donors (Lipinski definition) is 1. The van der Waals surface area contributed by atoms with Crippen molar-refractivity contribution in [3.8, 4) is 5.75 Å². The van der Waals surface area contributed by atoms with Gasteiger partial charge in [0.2, 0.25) is 0 Å². The van der Waals surface area contributed by atoms with Gasteiger partial charge in [-0.15, -0.1) is 0 Å². The van der Waals surface area contributed by atoms with Gasteiger partial charge in [0.1, 0.15) is 5.75 Å². The Morgan fingerprint density at radius 3 is 2.70 bits per heavy atom. The van der Waals surface area contributed by atoms with Gasteiger partial charge in [-0.3, -0.25) is 5.32 Å². The summed E-state index contributed by atoms with van der Waals surface area (Å²) in [7, 11) is 1.61. The van der Waals surface area contributed by atoms with Gasteiger partial charge in [-0.1, -0.05) is 38.1 Å². The third-order valence-electron chi connectivity index (χ3n) is 2.84. The Labute approximate surface area is 118 Å². The minimum Gasteiger partial charge on any atom is -0.496 e. The molecule has 1 amide bonds. The van der Waals surface area contributed by atoms with Gasteiger partial charge in [-0.25, -0.2) is 4.79 Å². The zero-order chi connectivity index (χ0) is 14.5. The molecular formula is C16H19NO3. The van der Waals surface area contributed by atoms with E-state index < -0.39 is 6.09 Å². The van der Waals surface area contributed by atoms with Crippen LogP contribution in [-0.2, 0) is 4.74 Å². The fraction of sp³-hybridized carbons (Fsp3) is 0.312. The summed E-state index contributed by atoms with van der Waals surface area (Å²) < 4.78 is 10.5. The van der Waals surface area contributed by atoms with E-state index in [2.05, 4.69) is 5.32 Å². The standard InChI is InChI=1S/C16H19NO3/c1-11(2)10-20-16(18)17-13-8-12-6-4-5-7-14(12)15(9-13)19-3/h4-9,11H,10H2,1-3H3,(H,17,18). The minimum absolute atomic E-state index is 0.312. The van der Waals surface area contributed by atoms with E-state index in [0.717, 1.165) is 16.5 Å². The highest BCUT2D eigenvalue weighted by Crippen LogP contribution is 2.29. The highest BCUT2D eigenvalue weighted by Gasteiger charge is 2.08. The summed E-state index contributed by atoms with van der Waals surface area (Å²) in [6, 6.07) is 11.5. The van der Waals surface area contributed by atoms with Gasteiger partial charge < -0.3 is 9.47 Å². The fourth-order valence-corrected chi connectivity index (χ4v) is 1.91. The topological polar surface area (TPSA) is 47.6 Å². The van der Waals surface area contributed by atoms with Crippen LogP contribution in [0.3, 0.4) is 0 Å². The summed E-state index contributed by atoms with van der Waals surface area (Å²) in [6.07, 6.45) is -0.448. The van der Waals surface area contributed by atoms with Crippen LogP contribution in [-0.4, -0.2) is 19.8 Å².